The fourth-order valence-electron chi connectivity index (χ4n) is 2.15. The van der Waals surface area contributed by atoms with Crippen LogP contribution in [-0.2, 0) is 6.42 Å². The Morgan fingerprint density at radius 1 is 1.24 bits per heavy atom. The van der Waals surface area contributed by atoms with Gasteiger partial charge in [0.25, 0.3) is 0 Å². The van der Waals surface area contributed by atoms with E-state index >= 15 is 0 Å². The number of hydrogen-bond donors (Lipinski definition) is 1. The summed E-state index contributed by atoms with van der Waals surface area (Å²) in [5.41, 5.74) is 1.32. The van der Waals surface area contributed by atoms with Crippen molar-refractivity contribution < 1.29 is 18.6 Å². The SMILES string of the molecule is COc1cc(C)ccc1C(O)Cc1c(F)ccc(Br)c1F. The van der Waals surface area contributed by atoms with Crippen LogP contribution in [0.1, 0.15) is 22.8 Å². The zero-order valence-electron chi connectivity index (χ0n) is 11.7. The number of benzene rings is 2. The van der Waals surface area contributed by atoms with E-state index in [0.29, 0.717) is 11.3 Å². The Balaban J connectivity index is 2.35. The molecular formula is C16H15BrF2O2. The highest BCUT2D eigenvalue weighted by atomic mass is 79.9. The van der Waals surface area contributed by atoms with E-state index in [-0.39, 0.29) is 16.5 Å². The third-order valence-corrected chi connectivity index (χ3v) is 3.90. The second-order valence-corrected chi connectivity index (χ2v) is 5.64. The predicted molar refractivity (Wildman–Crippen MR) is 80.5 cm³/mol. The summed E-state index contributed by atoms with van der Waals surface area (Å²) in [6.07, 6.45) is -1.23. The Labute approximate surface area is 130 Å². The van der Waals surface area contributed by atoms with Crippen molar-refractivity contribution in [2.75, 3.05) is 7.11 Å². The van der Waals surface area contributed by atoms with Crippen LogP contribution in [0, 0.1) is 18.6 Å². The number of ether oxygens (including phenoxy) is 1. The summed E-state index contributed by atoms with van der Waals surface area (Å²) >= 11 is 3.02. The molecule has 0 fully saturated rings. The Hall–Kier alpha value is -1.46. The molecular weight excluding hydrogens is 342 g/mol. The van der Waals surface area contributed by atoms with Crippen LogP contribution in [0.3, 0.4) is 0 Å². The van der Waals surface area contributed by atoms with Crippen molar-refractivity contribution in [2.24, 2.45) is 0 Å². The molecule has 1 unspecified atom stereocenters. The summed E-state index contributed by atoms with van der Waals surface area (Å²) in [5.74, 6) is -0.876. The predicted octanol–water partition coefficient (Wildman–Crippen LogP) is 4.32. The lowest BCUT2D eigenvalue weighted by molar-refractivity contribution is 0.171. The van der Waals surface area contributed by atoms with E-state index < -0.39 is 17.7 Å². The van der Waals surface area contributed by atoms with E-state index in [1.54, 1.807) is 12.1 Å². The molecule has 2 rings (SSSR count). The smallest absolute Gasteiger partial charge is 0.143 e. The van der Waals surface area contributed by atoms with Crippen LogP contribution in [0.2, 0.25) is 0 Å². The molecule has 2 aromatic rings. The van der Waals surface area contributed by atoms with Crippen LogP contribution >= 0.6 is 15.9 Å². The van der Waals surface area contributed by atoms with E-state index in [0.717, 1.165) is 5.56 Å². The van der Waals surface area contributed by atoms with E-state index in [1.807, 2.05) is 13.0 Å². The van der Waals surface area contributed by atoms with Gasteiger partial charge in [0.1, 0.15) is 17.4 Å². The first-order chi connectivity index (χ1) is 9.93. The minimum Gasteiger partial charge on any atom is -0.496 e. The zero-order valence-corrected chi connectivity index (χ0v) is 13.2. The van der Waals surface area contributed by atoms with Crippen LogP contribution < -0.4 is 4.74 Å². The van der Waals surface area contributed by atoms with Crippen LogP contribution in [0.25, 0.3) is 0 Å². The first kappa shape index (κ1) is 15.9. The molecule has 0 aliphatic heterocycles. The van der Waals surface area contributed by atoms with Gasteiger partial charge >= 0.3 is 0 Å². The van der Waals surface area contributed by atoms with Gasteiger partial charge in [-0.3, -0.25) is 0 Å². The maximum atomic E-state index is 14.0. The highest BCUT2D eigenvalue weighted by molar-refractivity contribution is 9.10. The van der Waals surface area contributed by atoms with Gasteiger partial charge in [-0.25, -0.2) is 8.78 Å². The first-order valence-corrected chi connectivity index (χ1v) is 7.18. The fourth-order valence-corrected chi connectivity index (χ4v) is 2.52. The number of aliphatic hydroxyl groups is 1. The van der Waals surface area contributed by atoms with Gasteiger partial charge in [-0.1, -0.05) is 12.1 Å². The molecule has 112 valence electrons. The molecule has 1 atom stereocenters. The monoisotopic (exact) mass is 356 g/mol. The molecule has 0 amide bonds. The molecule has 1 N–H and O–H groups in total. The Morgan fingerprint density at radius 2 is 1.95 bits per heavy atom. The molecule has 0 bridgehead atoms. The van der Waals surface area contributed by atoms with Gasteiger partial charge in [0.05, 0.1) is 17.7 Å². The molecule has 0 aliphatic carbocycles. The maximum Gasteiger partial charge on any atom is 0.143 e. The zero-order chi connectivity index (χ0) is 15.6. The number of halogens is 3. The van der Waals surface area contributed by atoms with Crippen molar-refractivity contribution >= 4 is 15.9 Å². The Kier molecular flexibility index (Phi) is 4.96. The molecule has 0 saturated carbocycles. The standard InChI is InChI=1S/C16H15BrF2O2/c1-9-3-4-10(15(7-9)21-2)14(20)8-11-13(18)6-5-12(17)16(11)19/h3-7,14,20H,8H2,1-2H3. The normalized spacial score (nSPS) is 12.3. The lowest BCUT2D eigenvalue weighted by atomic mass is 9.99. The second-order valence-electron chi connectivity index (χ2n) is 4.79. The van der Waals surface area contributed by atoms with Crippen LogP contribution in [0.5, 0.6) is 5.75 Å². The number of aliphatic hydroxyl groups excluding tert-OH is 1. The highest BCUT2D eigenvalue weighted by Gasteiger charge is 2.20. The third-order valence-electron chi connectivity index (χ3n) is 3.28. The van der Waals surface area contributed by atoms with Crippen molar-refractivity contribution in [3.8, 4) is 5.75 Å². The maximum absolute atomic E-state index is 14.0. The minimum atomic E-state index is -1.06. The molecule has 2 aromatic carbocycles. The number of methoxy groups -OCH3 is 1. The summed E-state index contributed by atoms with van der Waals surface area (Å²) in [5, 5.41) is 10.3. The van der Waals surface area contributed by atoms with Crippen molar-refractivity contribution in [2.45, 2.75) is 19.4 Å². The minimum absolute atomic E-state index is 0.153. The molecule has 2 nitrogen and oxygen atoms in total. The molecule has 0 spiro atoms. The summed E-state index contributed by atoms with van der Waals surface area (Å²) in [4.78, 5) is 0. The van der Waals surface area contributed by atoms with Gasteiger partial charge in [0.15, 0.2) is 0 Å². The molecule has 0 saturated heterocycles. The topological polar surface area (TPSA) is 29.5 Å². The lowest BCUT2D eigenvalue weighted by Gasteiger charge is -2.16. The Bertz CT molecular complexity index is 659. The molecule has 5 heteroatoms. The van der Waals surface area contributed by atoms with E-state index in [2.05, 4.69) is 15.9 Å². The van der Waals surface area contributed by atoms with Crippen molar-refractivity contribution in [3.05, 3.63) is 63.1 Å². The van der Waals surface area contributed by atoms with Gasteiger partial charge in [-0.15, -0.1) is 0 Å². The quantitative estimate of drug-likeness (QED) is 0.826. The van der Waals surface area contributed by atoms with Crippen LogP contribution in [0.4, 0.5) is 8.78 Å². The van der Waals surface area contributed by atoms with Crippen molar-refractivity contribution in [3.63, 3.8) is 0 Å². The highest BCUT2D eigenvalue weighted by Crippen LogP contribution is 2.31. The Morgan fingerprint density at radius 3 is 2.62 bits per heavy atom. The average Bonchev–Trinajstić information content (AvgIpc) is 2.47. The number of hydrogen-bond acceptors (Lipinski definition) is 2. The summed E-state index contributed by atoms with van der Waals surface area (Å²) < 4.78 is 33.1. The molecule has 0 heterocycles. The lowest BCUT2D eigenvalue weighted by Crippen LogP contribution is -2.08. The van der Waals surface area contributed by atoms with Crippen LogP contribution in [0.15, 0.2) is 34.8 Å². The summed E-state index contributed by atoms with van der Waals surface area (Å²) in [7, 11) is 1.49. The third kappa shape index (κ3) is 3.41. The number of aryl methyl sites for hydroxylation is 1. The fraction of sp³-hybridized carbons (Fsp3) is 0.250. The summed E-state index contributed by atoms with van der Waals surface area (Å²) in [6, 6.07) is 7.75. The van der Waals surface area contributed by atoms with Crippen LogP contribution in [-0.4, -0.2) is 12.2 Å². The van der Waals surface area contributed by atoms with Gasteiger partial charge in [0, 0.05) is 17.5 Å². The molecule has 0 radical (unpaired) electrons. The van der Waals surface area contributed by atoms with Gasteiger partial charge in [-0.05, 0) is 46.6 Å². The van der Waals surface area contributed by atoms with E-state index in [4.69, 9.17) is 4.74 Å². The number of rotatable bonds is 4. The largest absolute Gasteiger partial charge is 0.496 e. The second kappa shape index (κ2) is 6.54. The van der Waals surface area contributed by atoms with Gasteiger partial charge in [-0.2, -0.15) is 0 Å². The van der Waals surface area contributed by atoms with Gasteiger partial charge < -0.3 is 9.84 Å². The molecule has 0 aliphatic rings. The summed E-state index contributed by atoms with van der Waals surface area (Å²) in [6.45, 7) is 1.90. The van der Waals surface area contributed by atoms with Crippen molar-refractivity contribution in [1.82, 2.24) is 0 Å². The first-order valence-electron chi connectivity index (χ1n) is 6.39. The van der Waals surface area contributed by atoms with Crippen molar-refractivity contribution in [1.29, 1.82) is 0 Å². The molecule has 21 heavy (non-hydrogen) atoms. The van der Waals surface area contributed by atoms with E-state index in [1.165, 1.54) is 19.2 Å². The van der Waals surface area contributed by atoms with Gasteiger partial charge in [0.2, 0.25) is 0 Å². The molecule has 0 aromatic heterocycles. The average molecular weight is 357 g/mol. The van der Waals surface area contributed by atoms with E-state index in [9.17, 15) is 13.9 Å².